The Hall–Kier alpha value is -2.41. The number of nitrogens with one attached hydrogen (secondary N) is 1. The summed E-state index contributed by atoms with van der Waals surface area (Å²) in [5.41, 5.74) is 0.740. The molecule has 1 amide bonds. The Morgan fingerprint density at radius 1 is 1.24 bits per heavy atom. The van der Waals surface area contributed by atoms with Crippen LogP contribution in [0.2, 0.25) is 5.02 Å². The van der Waals surface area contributed by atoms with E-state index in [2.05, 4.69) is 20.1 Å². The summed E-state index contributed by atoms with van der Waals surface area (Å²) in [6.07, 6.45) is 3.94. The Balaban J connectivity index is 1.64. The van der Waals surface area contributed by atoms with Crippen molar-refractivity contribution < 1.29 is 14.7 Å². The molecule has 1 saturated carbocycles. The molecule has 1 aromatic heterocycles. The molecule has 0 spiro atoms. The number of nitrogens with zero attached hydrogens (tertiary/aromatic N) is 3. The summed E-state index contributed by atoms with van der Waals surface area (Å²) < 4.78 is 2.11. The predicted molar refractivity (Wildman–Crippen MR) is 111 cm³/mol. The first kappa shape index (κ1) is 21.3. The Morgan fingerprint density at radius 3 is 2.52 bits per heavy atom. The molecule has 0 unspecified atom stereocenters. The van der Waals surface area contributed by atoms with Crippen molar-refractivity contribution in [3.63, 3.8) is 0 Å². The van der Waals surface area contributed by atoms with Crippen molar-refractivity contribution in [3.8, 4) is 0 Å². The summed E-state index contributed by atoms with van der Waals surface area (Å²) in [7, 11) is 0. The van der Waals surface area contributed by atoms with Crippen LogP contribution in [-0.2, 0) is 22.4 Å². The van der Waals surface area contributed by atoms with Crippen molar-refractivity contribution >= 4 is 29.2 Å². The van der Waals surface area contributed by atoms with Gasteiger partial charge < -0.3 is 15.0 Å². The smallest absolute Gasteiger partial charge is 0.309 e. The Bertz CT molecular complexity index is 919. The number of benzene rings is 1. The number of halogens is 1. The average Bonchev–Trinajstić information content (AvgIpc) is 3.42. The minimum atomic E-state index is -0.816. The van der Waals surface area contributed by atoms with Crippen LogP contribution in [-0.4, -0.2) is 31.7 Å². The third kappa shape index (κ3) is 5.15. The molecule has 0 atom stereocenters. The summed E-state index contributed by atoms with van der Waals surface area (Å²) in [4.78, 5) is 23.8. The zero-order valence-corrected chi connectivity index (χ0v) is 17.8. The van der Waals surface area contributed by atoms with Crippen LogP contribution < -0.4 is 5.32 Å². The lowest BCUT2D eigenvalue weighted by Gasteiger charge is -2.18. The molecular weight excluding hydrogens is 392 g/mol. The molecule has 0 saturated heterocycles. The number of aryl methyl sites for hydroxylation is 2. The largest absolute Gasteiger partial charge is 0.481 e. The molecule has 2 aromatic rings. The van der Waals surface area contributed by atoms with Crippen LogP contribution in [0.3, 0.4) is 0 Å². The van der Waals surface area contributed by atoms with Crippen molar-refractivity contribution in [2.45, 2.75) is 65.3 Å². The molecular formula is C21H27ClN4O3. The minimum Gasteiger partial charge on any atom is -0.481 e. The number of carboxylic acid groups (broad SMARTS) is 1. The number of hydrogen-bond donors (Lipinski definition) is 2. The lowest BCUT2D eigenvalue weighted by molar-refractivity contribution is -0.147. The van der Waals surface area contributed by atoms with E-state index in [4.69, 9.17) is 11.6 Å². The highest BCUT2D eigenvalue weighted by atomic mass is 35.5. The van der Waals surface area contributed by atoms with Crippen molar-refractivity contribution in [3.05, 3.63) is 40.4 Å². The van der Waals surface area contributed by atoms with Gasteiger partial charge in [-0.3, -0.25) is 9.59 Å². The number of carboxylic acids is 1. The van der Waals surface area contributed by atoms with E-state index in [1.54, 1.807) is 26.0 Å². The van der Waals surface area contributed by atoms with Crippen LogP contribution in [0.25, 0.3) is 0 Å². The molecule has 8 heteroatoms. The van der Waals surface area contributed by atoms with Gasteiger partial charge in [-0.15, -0.1) is 10.2 Å². The fraction of sp³-hybridized carbons (Fsp3) is 0.524. The van der Waals surface area contributed by atoms with Gasteiger partial charge in [0.25, 0.3) is 0 Å². The predicted octanol–water partition coefficient (Wildman–Crippen LogP) is 4.19. The van der Waals surface area contributed by atoms with Crippen molar-refractivity contribution in [1.29, 1.82) is 0 Å². The lowest BCUT2D eigenvalue weighted by Crippen LogP contribution is -2.24. The quantitative estimate of drug-likeness (QED) is 0.636. The van der Waals surface area contributed by atoms with Gasteiger partial charge in [0.1, 0.15) is 11.6 Å². The molecule has 0 bridgehead atoms. The van der Waals surface area contributed by atoms with E-state index in [0.29, 0.717) is 36.0 Å². The van der Waals surface area contributed by atoms with Crippen LogP contribution in [0.15, 0.2) is 18.2 Å². The van der Waals surface area contributed by atoms with E-state index in [0.717, 1.165) is 30.1 Å². The zero-order valence-electron chi connectivity index (χ0n) is 17.0. The Morgan fingerprint density at radius 2 is 1.90 bits per heavy atom. The highest BCUT2D eigenvalue weighted by Crippen LogP contribution is 2.37. The molecule has 3 rings (SSSR count). The second-order valence-corrected chi connectivity index (χ2v) is 8.69. The second kappa shape index (κ2) is 8.53. The van der Waals surface area contributed by atoms with E-state index in [9.17, 15) is 14.7 Å². The maximum atomic E-state index is 12.4. The third-order valence-electron chi connectivity index (χ3n) is 5.42. The first-order valence-electron chi connectivity index (χ1n) is 9.90. The molecule has 1 heterocycles. The van der Waals surface area contributed by atoms with Crippen LogP contribution in [0.1, 0.15) is 62.8 Å². The third-order valence-corrected chi connectivity index (χ3v) is 5.83. The van der Waals surface area contributed by atoms with Gasteiger partial charge in [-0.2, -0.15) is 0 Å². The van der Waals surface area contributed by atoms with Crippen LogP contribution in [0, 0.1) is 12.3 Å². The Kier molecular flexibility index (Phi) is 6.27. The monoisotopic (exact) mass is 418 g/mol. The normalized spacial score (nSPS) is 14.1. The number of anilines is 1. The fourth-order valence-electron chi connectivity index (χ4n) is 3.17. The van der Waals surface area contributed by atoms with Gasteiger partial charge in [0.15, 0.2) is 0 Å². The molecule has 1 aromatic carbocycles. The first-order valence-corrected chi connectivity index (χ1v) is 10.3. The molecule has 29 heavy (non-hydrogen) atoms. The highest BCUT2D eigenvalue weighted by molar-refractivity contribution is 6.31. The van der Waals surface area contributed by atoms with Gasteiger partial charge >= 0.3 is 5.97 Å². The van der Waals surface area contributed by atoms with Gasteiger partial charge in [0.2, 0.25) is 5.91 Å². The minimum absolute atomic E-state index is 0.103. The molecule has 2 N–H and O–H groups in total. The topological polar surface area (TPSA) is 97.1 Å². The van der Waals surface area contributed by atoms with E-state index in [1.165, 1.54) is 0 Å². The number of rotatable bonds is 9. The van der Waals surface area contributed by atoms with E-state index >= 15 is 0 Å². The fourth-order valence-corrected chi connectivity index (χ4v) is 3.34. The molecule has 0 radical (unpaired) electrons. The number of hydrogen-bond acceptors (Lipinski definition) is 4. The maximum absolute atomic E-state index is 12.4. The number of amides is 1. The molecule has 1 fully saturated rings. The molecule has 1 aliphatic carbocycles. The second-order valence-electron chi connectivity index (χ2n) is 8.28. The molecule has 0 aliphatic heterocycles. The molecule has 1 aliphatic rings. The van der Waals surface area contributed by atoms with Crippen LogP contribution >= 0.6 is 11.6 Å². The van der Waals surface area contributed by atoms with E-state index in [1.807, 2.05) is 13.0 Å². The number of carbonyl (C=O) groups is 2. The van der Waals surface area contributed by atoms with E-state index < -0.39 is 11.4 Å². The summed E-state index contributed by atoms with van der Waals surface area (Å²) in [6.45, 7) is 5.30. The van der Waals surface area contributed by atoms with Gasteiger partial charge in [-0.25, -0.2) is 0 Å². The molecule has 156 valence electrons. The first-order chi connectivity index (χ1) is 13.7. The summed E-state index contributed by atoms with van der Waals surface area (Å²) >= 11 is 6.11. The van der Waals surface area contributed by atoms with Crippen LogP contribution in [0.4, 0.5) is 5.69 Å². The van der Waals surface area contributed by atoms with Crippen molar-refractivity contribution in [2.75, 3.05) is 5.32 Å². The summed E-state index contributed by atoms with van der Waals surface area (Å²) in [5, 5.41) is 21.4. The maximum Gasteiger partial charge on any atom is 0.309 e. The zero-order chi connectivity index (χ0) is 21.2. The van der Waals surface area contributed by atoms with Gasteiger partial charge in [-0.05, 0) is 57.7 Å². The van der Waals surface area contributed by atoms with Crippen molar-refractivity contribution in [1.82, 2.24) is 14.8 Å². The van der Waals surface area contributed by atoms with Gasteiger partial charge in [-0.1, -0.05) is 17.7 Å². The number of aliphatic carboxylic acids is 1. The van der Waals surface area contributed by atoms with Crippen LogP contribution in [0.5, 0.6) is 0 Å². The number of carbonyl (C=O) groups excluding carboxylic acids is 1. The average molecular weight is 419 g/mol. The summed E-state index contributed by atoms with van der Waals surface area (Å²) in [6, 6.07) is 5.78. The van der Waals surface area contributed by atoms with Gasteiger partial charge in [0.05, 0.1) is 5.41 Å². The Labute approximate surface area is 175 Å². The van der Waals surface area contributed by atoms with Gasteiger partial charge in [0, 0.05) is 36.0 Å². The highest BCUT2D eigenvalue weighted by Gasteiger charge is 2.32. The standard InChI is InChI=1S/C21H27ClN4O3/c1-13-15(22)5-4-6-16(13)23-19(27)10-9-17-24-25-18(26(17)14-7-8-14)11-12-21(2,3)20(28)29/h4-6,14H,7-12H2,1-3H3,(H,23,27)(H,28,29). The SMILES string of the molecule is Cc1c(Cl)cccc1NC(=O)CCc1nnc(CCC(C)(C)C(=O)O)n1C1CC1. The number of aromatic nitrogens is 3. The van der Waals surface area contributed by atoms with E-state index in [-0.39, 0.29) is 12.3 Å². The summed E-state index contributed by atoms with van der Waals surface area (Å²) in [5.74, 6) is 0.675. The van der Waals surface area contributed by atoms with Crippen molar-refractivity contribution in [2.24, 2.45) is 5.41 Å². The lowest BCUT2D eigenvalue weighted by atomic mass is 9.88. The molecule has 7 nitrogen and oxygen atoms in total.